The van der Waals surface area contributed by atoms with Crippen molar-refractivity contribution in [1.29, 1.82) is 10.5 Å². The van der Waals surface area contributed by atoms with Crippen LogP contribution in [0.2, 0.25) is 0 Å². The third kappa shape index (κ3) is 3.74. The van der Waals surface area contributed by atoms with E-state index in [0.717, 1.165) is 0 Å². The van der Waals surface area contributed by atoms with Gasteiger partial charge < -0.3 is 9.47 Å². The maximum atomic E-state index is 14.0. The highest BCUT2D eigenvalue weighted by Gasteiger charge is 2.16. The molecule has 0 saturated carbocycles. The molecule has 0 N–H and O–H groups in total. The normalized spacial score (nSPS) is 9.85. The molecule has 0 aliphatic carbocycles. The Kier molecular flexibility index (Phi) is 4.73. The Morgan fingerprint density at radius 1 is 0.731 bits per heavy atom. The standard InChI is InChI=1S/C19H9F2N3O2/c20-16-9-17(21)19(26-15-6-2-4-13(8-15)11-23)24-18(16)25-14-5-1-3-12(7-14)10-22/h1-9H. The van der Waals surface area contributed by atoms with Gasteiger partial charge in [-0.3, -0.25) is 0 Å². The molecule has 0 spiro atoms. The molecule has 2 aromatic carbocycles. The van der Waals surface area contributed by atoms with Crippen molar-refractivity contribution >= 4 is 0 Å². The molecule has 3 rings (SSSR count). The Labute approximate surface area is 147 Å². The number of nitriles is 2. The van der Waals surface area contributed by atoms with Gasteiger partial charge >= 0.3 is 0 Å². The lowest BCUT2D eigenvalue weighted by Crippen LogP contribution is -1.99. The summed E-state index contributed by atoms with van der Waals surface area (Å²) in [6.45, 7) is 0. The van der Waals surface area contributed by atoms with Crippen molar-refractivity contribution in [2.24, 2.45) is 0 Å². The summed E-state index contributed by atoms with van der Waals surface area (Å²) in [5, 5.41) is 17.8. The Balaban J connectivity index is 1.91. The van der Waals surface area contributed by atoms with Crippen LogP contribution < -0.4 is 9.47 Å². The van der Waals surface area contributed by atoms with E-state index in [1.54, 1.807) is 24.3 Å². The number of ether oxygens (including phenoxy) is 2. The van der Waals surface area contributed by atoms with Crippen LogP contribution in [-0.4, -0.2) is 4.98 Å². The summed E-state index contributed by atoms with van der Waals surface area (Å²) in [5.41, 5.74) is 0.629. The molecule has 126 valence electrons. The third-order valence-corrected chi connectivity index (χ3v) is 3.22. The first kappa shape index (κ1) is 16.9. The topological polar surface area (TPSA) is 78.9 Å². The third-order valence-electron chi connectivity index (χ3n) is 3.22. The summed E-state index contributed by atoms with van der Waals surface area (Å²) >= 11 is 0. The molecule has 7 heteroatoms. The largest absolute Gasteiger partial charge is 0.436 e. The van der Waals surface area contributed by atoms with Crippen LogP contribution in [0, 0.1) is 34.3 Å². The van der Waals surface area contributed by atoms with Gasteiger partial charge in [-0.05, 0) is 36.4 Å². The van der Waals surface area contributed by atoms with Gasteiger partial charge in [0.25, 0.3) is 11.8 Å². The number of hydrogen-bond acceptors (Lipinski definition) is 5. The molecule has 0 radical (unpaired) electrons. The Morgan fingerprint density at radius 3 is 1.62 bits per heavy atom. The molecular formula is C19H9F2N3O2. The first-order valence-electron chi connectivity index (χ1n) is 7.31. The van der Waals surface area contributed by atoms with Crippen LogP contribution in [0.25, 0.3) is 0 Å². The first-order valence-corrected chi connectivity index (χ1v) is 7.31. The molecular weight excluding hydrogens is 340 g/mol. The smallest absolute Gasteiger partial charge is 0.259 e. The maximum absolute atomic E-state index is 14.0. The summed E-state index contributed by atoms with van der Waals surface area (Å²) in [4.78, 5) is 3.71. The second-order valence-electron chi connectivity index (χ2n) is 5.05. The predicted molar refractivity (Wildman–Crippen MR) is 86.6 cm³/mol. The summed E-state index contributed by atoms with van der Waals surface area (Å²) in [5.74, 6) is -2.73. The van der Waals surface area contributed by atoms with Crippen LogP contribution in [0.5, 0.6) is 23.3 Å². The van der Waals surface area contributed by atoms with Crippen molar-refractivity contribution in [2.45, 2.75) is 0 Å². The Bertz CT molecular complexity index is 975. The van der Waals surface area contributed by atoms with Gasteiger partial charge in [0.2, 0.25) is 0 Å². The molecule has 0 aliphatic heterocycles. The van der Waals surface area contributed by atoms with Crippen LogP contribution in [0.15, 0.2) is 54.6 Å². The van der Waals surface area contributed by atoms with Crippen molar-refractivity contribution in [2.75, 3.05) is 0 Å². The number of rotatable bonds is 4. The highest BCUT2D eigenvalue weighted by atomic mass is 19.1. The summed E-state index contributed by atoms with van der Waals surface area (Å²) in [7, 11) is 0. The van der Waals surface area contributed by atoms with Gasteiger partial charge in [0.1, 0.15) is 11.5 Å². The number of hydrogen-bond donors (Lipinski definition) is 0. The van der Waals surface area contributed by atoms with Gasteiger partial charge in [-0.25, -0.2) is 8.78 Å². The fourth-order valence-corrected chi connectivity index (χ4v) is 2.06. The van der Waals surface area contributed by atoms with Crippen molar-refractivity contribution < 1.29 is 18.3 Å². The number of aromatic nitrogens is 1. The number of halogens is 2. The SMILES string of the molecule is N#Cc1cccc(Oc2nc(Oc3cccc(C#N)c3)c(F)cc2F)c1. The minimum Gasteiger partial charge on any atom is -0.436 e. The van der Waals surface area contributed by atoms with Gasteiger partial charge in [-0.1, -0.05) is 12.1 Å². The molecule has 1 aromatic heterocycles. The highest BCUT2D eigenvalue weighted by Crippen LogP contribution is 2.30. The molecule has 0 bridgehead atoms. The van der Waals surface area contributed by atoms with Crippen LogP contribution >= 0.6 is 0 Å². The van der Waals surface area contributed by atoms with E-state index < -0.39 is 23.4 Å². The second kappa shape index (κ2) is 7.29. The molecule has 26 heavy (non-hydrogen) atoms. The Morgan fingerprint density at radius 2 is 1.19 bits per heavy atom. The van der Waals surface area contributed by atoms with Crippen molar-refractivity contribution in [1.82, 2.24) is 4.98 Å². The minimum atomic E-state index is -1.03. The fourth-order valence-electron chi connectivity index (χ4n) is 2.06. The van der Waals surface area contributed by atoms with Gasteiger partial charge in [0.05, 0.1) is 23.3 Å². The van der Waals surface area contributed by atoms with E-state index >= 15 is 0 Å². The monoisotopic (exact) mass is 349 g/mol. The molecule has 0 fully saturated rings. The van der Waals surface area contributed by atoms with E-state index in [0.29, 0.717) is 17.2 Å². The van der Waals surface area contributed by atoms with Gasteiger partial charge in [0.15, 0.2) is 11.6 Å². The van der Waals surface area contributed by atoms with Crippen LogP contribution in [0.4, 0.5) is 8.78 Å². The van der Waals surface area contributed by atoms with Crippen LogP contribution in [-0.2, 0) is 0 Å². The van der Waals surface area contributed by atoms with E-state index in [1.807, 2.05) is 12.1 Å². The fraction of sp³-hybridized carbons (Fsp3) is 0. The van der Waals surface area contributed by atoms with E-state index in [1.165, 1.54) is 24.3 Å². The molecule has 0 saturated heterocycles. The zero-order valence-corrected chi connectivity index (χ0v) is 13.1. The number of benzene rings is 2. The summed E-state index contributed by atoms with van der Waals surface area (Å²) in [6.07, 6.45) is 0. The number of nitrogens with zero attached hydrogens (tertiary/aromatic N) is 3. The first-order chi connectivity index (χ1) is 12.6. The van der Waals surface area contributed by atoms with Crippen molar-refractivity contribution in [3.05, 3.63) is 77.4 Å². The second-order valence-corrected chi connectivity index (χ2v) is 5.05. The molecule has 0 atom stereocenters. The van der Waals surface area contributed by atoms with E-state index in [9.17, 15) is 8.78 Å². The average molecular weight is 349 g/mol. The lowest BCUT2D eigenvalue weighted by Gasteiger charge is -2.10. The van der Waals surface area contributed by atoms with Gasteiger partial charge in [-0.2, -0.15) is 15.5 Å². The molecule has 5 nitrogen and oxygen atoms in total. The highest BCUT2D eigenvalue weighted by molar-refractivity contribution is 5.40. The zero-order valence-electron chi connectivity index (χ0n) is 13.1. The molecule has 0 unspecified atom stereocenters. The van der Waals surface area contributed by atoms with Crippen LogP contribution in [0.3, 0.4) is 0 Å². The predicted octanol–water partition coefficient (Wildman–Crippen LogP) is 4.69. The average Bonchev–Trinajstić information content (AvgIpc) is 2.66. The van der Waals surface area contributed by atoms with Crippen molar-refractivity contribution in [3.63, 3.8) is 0 Å². The van der Waals surface area contributed by atoms with Crippen LogP contribution in [0.1, 0.15) is 11.1 Å². The van der Waals surface area contributed by atoms with E-state index in [2.05, 4.69) is 4.98 Å². The quantitative estimate of drug-likeness (QED) is 0.683. The van der Waals surface area contributed by atoms with Gasteiger partial charge in [-0.15, -0.1) is 0 Å². The molecule has 1 heterocycles. The molecule has 0 amide bonds. The molecule has 0 aliphatic rings. The maximum Gasteiger partial charge on any atom is 0.259 e. The van der Waals surface area contributed by atoms with Crippen molar-refractivity contribution in [3.8, 4) is 35.4 Å². The van der Waals surface area contributed by atoms with E-state index in [-0.39, 0.29) is 11.5 Å². The van der Waals surface area contributed by atoms with Gasteiger partial charge in [0, 0.05) is 6.07 Å². The summed E-state index contributed by atoms with van der Waals surface area (Å²) in [6, 6.07) is 16.4. The van der Waals surface area contributed by atoms with E-state index in [4.69, 9.17) is 20.0 Å². The zero-order chi connectivity index (χ0) is 18.5. The number of pyridine rings is 1. The minimum absolute atomic E-state index is 0.166. The summed E-state index contributed by atoms with van der Waals surface area (Å²) < 4.78 is 38.5. The Hall–Kier alpha value is -3.97. The molecule has 3 aromatic rings. The lowest BCUT2D eigenvalue weighted by atomic mass is 10.2. The lowest BCUT2D eigenvalue weighted by molar-refractivity contribution is 0.376.